The lowest BCUT2D eigenvalue weighted by Crippen LogP contribution is -2.32. The number of carbonyl (C=O) groups is 1. The van der Waals surface area contributed by atoms with Crippen LogP contribution < -0.4 is 10.2 Å². The average Bonchev–Trinajstić information content (AvgIpc) is 2.63. The first-order valence-corrected chi connectivity index (χ1v) is 8.64. The molecule has 2 heterocycles. The number of rotatable bonds is 4. The molecular formula is C19H24N4O. The van der Waals surface area contributed by atoms with Gasteiger partial charge in [-0.1, -0.05) is 32.0 Å². The lowest BCUT2D eigenvalue weighted by atomic mass is 10.1. The van der Waals surface area contributed by atoms with Crippen LogP contribution in [0.25, 0.3) is 0 Å². The maximum absolute atomic E-state index is 12.6. The van der Waals surface area contributed by atoms with Crippen molar-refractivity contribution >= 4 is 17.5 Å². The van der Waals surface area contributed by atoms with Crippen LogP contribution in [0.5, 0.6) is 0 Å². The van der Waals surface area contributed by atoms with Gasteiger partial charge in [0.2, 0.25) is 5.95 Å². The van der Waals surface area contributed by atoms with Gasteiger partial charge in [0.25, 0.3) is 5.91 Å². The molecule has 0 radical (unpaired) electrons. The zero-order chi connectivity index (χ0) is 16.9. The first-order valence-electron chi connectivity index (χ1n) is 8.64. The molecule has 0 spiro atoms. The molecule has 1 aliphatic heterocycles. The minimum Gasteiger partial charge on any atom is -0.341 e. The van der Waals surface area contributed by atoms with Crippen LogP contribution in [-0.4, -0.2) is 29.0 Å². The predicted octanol–water partition coefficient (Wildman–Crippen LogP) is 3.84. The fourth-order valence-electron chi connectivity index (χ4n) is 2.82. The van der Waals surface area contributed by atoms with Crippen LogP contribution in [0.2, 0.25) is 0 Å². The number of aromatic nitrogens is 2. The molecule has 1 fully saturated rings. The summed E-state index contributed by atoms with van der Waals surface area (Å²) in [5, 5.41) is 2.91. The highest BCUT2D eigenvalue weighted by atomic mass is 16.1. The van der Waals surface area contributed by atoms with Gasteiger partial charge in [-0.25, -0.2) is 9.97 Å². The van der Waals surface area contributed by atoms with E-state index >= 15 is 0 Å². The number of benzene rings is 1. The number of anilines is 2. The van der Waals surface area contributed by atoms with Crippen molar-refractivity contribution in [3.8, 4) is 0 Å². The molecule has 0 unspecified atom stereocenters. The van der Waals surface area contributed by atoms with Crippen LogP contribution >= 0.6 is 0 Å². The van der Waals surface area contributed by atoms with E-state index in [-0.39, 0.29) is 11.8 Å². The molecule has 1 amide bonds. The number of nitrogens with one attached hydrogen (secondary N) is 1. The topological polar surface area (TPSA) is 58.1 Å². The summed E-state index contributed by atoms with van der Waals surface area (Å²) in [7, 11) is 0. The largest absolute Gasteiger partial charge is 0.341 e. The van der Waals surface area contributed by atoms with E-state index in [4.69, 9.17) is 0 Å². The Morgan fingerprint density at radius 3 is 2.46 bits per heavy atom. The van der Waals surface area contributed by atoms with Gasteiger partial charge in [0, 0.05) is 24.5 Å². The van der Waals surface area contributed by atoms with Crippen molar-refractivity contribution in [1.29, 1.82) is 0 Å². The normalized spacial score (nSPS) is 14.7. The van der Waals surface area contributed by atoms with E-state index in [9.17, 15) is 4.79 Å². The second kappa shape index (κ2) is 7.43. The fraction of sp³-hybridized carbons (Fsp3) is 0.421. The van der Waals surface area contributed by atoms with Gasteiger partial charge in [0.15, 0.2) is 0 Å². The van der Waals surface area contributed by atoms with Gasteiger partial charge < -0.3 is 10.2 Å². The van der Waals surface area contributed by atoms with Gasteiger partial charge in [0.05, 0.1) is 0 Å². The van der Waals surface area contributed by atoms with E-state index in [0.29, 0.717) is 11.6 Å². The third-order valence-corrected chi connectivity index (χ3v) is 4.23. The molecule has 0 bridgehead atoms. The van der Waals surface area contributed by atoms with Crippen LogP contribution in [0, 0.1) is 0 Å². The number of hydrogen-bond donors (Lipinski definition) is 1. The van der Waals surface area contributed by atoms with E-state index in [1.807, 2.05) is 30.3 Å². The van der Waals surface area contributed by atoms with Crippen molar-refractivity contribution in [2.45, 2.75) is 39.0 Å². The highest BCUT2D eigenvalue weighted by Crippen LogP contribution is 2.21. The Labute approximate surface area is 143 Å². The minimum absolute atomic E-state index is 0.191. The van der Waals surface area contributed by atoms with Crippen LogP contribution in [0.15, 0.2) is 36.4 Å². The maximum Gasteiger partial charge on any atom is 0.274 e. The monoisotopic (exact) mass is 324 g/mol. The number of hydrogen-bond acceptors (Lipinski definition) is 4. The summed E-state index contributed by atoms with van der Waals surface area (Å²) in [5.74, 6) is 0.739. The summed E-state index contributed by atoms with van der Waals surface area (Å²) in [6.45, 7) is 6.09. The van der Waals surface area contributed by atoms with Crippen molar-refractivity contribution in [2.24, 2.45) is 0 Å². The van der Waals surface area contributed by atoms with Gasteiger partial charge in [-0.15, -0.1) is 0 Å². The molecule has 0 saturated carbocycles. The smallest absolute Gasteiger partial charge is 0.274 e. The number of nitrogens with zero attached hydrogens (tertiary/aromatic N) is 3. The summed E-state index contributed by atoms with van der Waals surface area (Å²) in [4.78, 5) is 24.0. The SMILES string of the molecule is CC(C)c1cc(C(=O)Nc2ccccc2)nc(N2CCCCC2)n1. The second-order valence-corrected chi connectivity index (χ2v) is 6.50. The van der Waals surface area contributed by atoms with Crippen molar-refractivity contribution in [1.82, 2.24) is 9.97 Å². The third-order valence-electron chi connectivity index (χ3n) is 4.23. The molecule has 0 aliphatic carbocycles. The molecule has 3 rings (SSSR count). The zero-order valence-electron chi connectivity index (χ0n) is 14.3. The molecule has 24 heavy (non-hydrogen) atoms. The summed E-state index contributed by atoms with van der Waals surface area (Å²) in [5.41, 5.74) is 2.11. The Morgan fingerprint density at radius 2 is 1.79 bits per heavy atom. The molecule has 2 aromatic rings. The van der Waals surface area contributed by atoms with E-state index in [0.717, 1.165) is 37.3 Å². The second-order valence-electron chi connectivity index (χ2n) is 6.50. The Bertz CT molecular complexity index is 694. The zero-order valence-corrected chi connectivity index (χ0v) is 14.3. The van der Waals surface area contributed by atoms with E-state index < -0.39 is 0 Å². The van der Waals surface area contributed by atoms with Crippen molar-refractivity contribution in [3.63, 3.8) is 0 Å². The Kier molecular flexibility index (Phi) is 5.08. The average molecular weight is 324 g/mol. The Hall–Kier alpha value is -2.43. The highest BCUT2D eigenvalue weighted by molar-refractivity contribution is 6.03. The van der Waals surface area contributed by atoms with Gasteiger partial charge in [-0.2, -0.15) is 0 Å². The van der Waals surface area contributed by atoms with E-state index in [1.165, 1.54) is 6.42 Å². The molecule has 1 aromatic carbocycles. The Morgan fingerprint density at radius 1 is 1.08 bits per heavy atom. The van der Waals surface area contributed by atoms with Crippen LogP contribution in [-0.2, 0) is 0 Å². The molecular weight excluding hydrogens is 300 g/mol. The quantitative estimate of drug-likeness (QED) is 0.928. The first kappa shape index (κ1) is 16.4. The molecule has 1 N–H and O–H groups in total. The van der Waals surface area contributed by atoms with Crippen LogP contribution in [0.3, 0.4) is 0 Å². The summed E-state index contributed by atoms with van der Waals surface area (Å²) < 4.78 is 0. The summed E-state index contributed by atoms with van der Waals surface area (Å²) in [6, 6.07) is 11.3. The van der Waals surface area contributed by atoms with Gasteiger partial charge in [-0.05, 0) is 43.4 Å². The fourth-order valence-corrected chi connectivity index (χ4v) is 2.82. The lowest BCUT2D eigenvalue weighted by molar-refractivity contribution is 0.102. The van der Waals surface area contributed by atoms with Crippen LogP contribution in [0.4, 0.5) is 11.6 Å². The minimum atomic E-state index is -0.191. The number of para-hydroxylation sites is 1. The number of carbonyl (C=O) groups excluding carboxylic acids is 1. The maximum atomic E-state index is 12.6. The van der Waals surface area contributed by atoms with Gasteiger partial charge >= 0.3 is 0 Å². The molecule has 1 saturated heterocycles. The predicted molar refractivity (Wildman–Crippen MR) is 96.6 cm³/mol. The lowest BCUT2D eigenvalue weighted by Gasteiger charge is -2.27. The van der Waals surface area contributed by atoms with Gasteiger partial charge in [-0.3, -0.25) is 4.79 Å². The third kappa shape index (κ3) is 3.91. The molecule has 1 aliphatic rings. The summed E-state index contributed by atoms with van der Waals surface area (Å²) >= 11 is 0. The molecule has 1 aromatic heterocycles. The highest BCUT2D eigenvalue weighted by Gasteiger charge is 2.19. The van der Waals surface area contributed by atoms with Crippen molar-refractivity contribution in [3.05, 3.63) is 47.8 Å². The standard InChI is InChI=1S/C19H24N4O/c1-14(2)16-13-17(18(24)20-15-9-5-3-6-10-15)22-19(21-16)23-11-7-4-8-12-23/h3,5-6,9-10,13-14H,4,7-8,11-12H2,1-2H3,(H,20,24). The molecule has 0 atom stereocenters. The molecule has 5 nitrogen and oxygen atoms in total. The first-order chi connectivity index (χ1) is 11.6. The summed E-state index contributed by atoms with van der Waals surface area (Å²) in [6.07, 6.45) is 3.56. The van der Waals surface area contributed by atoms with Gasteiger partial charge in [0.1, 0.15) is 5.69 Å². The molecule has 5 heteroatoms. The van der Waals surface area contributed by atoms with E-state index in [2.05, 4.69) is 34.0 Å². The Balaban J connectivity index is 1.88. The number of piperidine rings is 1. The van der Waals surface area contributed by atoms with Crippen molar-refractivity contribution in [2.75, 3.05) is 23.3 Å². The van der Waals surface area contributed by atoms with E-state index in [1.54, 1.807) is 6.07 Å². The number of amides is 1. The molecule has 126 valence electrons. The van der Waals surface area contributed by atoms with Crippen LogP contribution in [0.1, 0.15) is 55.2 Å². The van der Waals surface area contributed by atoms with Crippen molar-refractivity contribution < 1.29 is 4.79 Å².